The number of carbonyl (C=O) groups excluding carboxylic acids is 1. The van der Waals surface area contributed by atoms with Crippen molar-refractivity contribution in [2.75, 3.05) is 17.8 Å². The zero-order valence-electron chi connectivity index (χ0n) is 14.7. The Morgan fingerprint density at radius 3 is 2.26 bits per heavy atom. The van der Waals surface area contributed by atoms with Crippen molar-refractivity contribution in [1.29, 1.82) is 0 Å². The van der Waals surface area contributed by atoms with E-state index >= 15 is 0 Å². The molecule has 0 spiro atoms. The van der Waals surface area contributed by atoms with Gasteiger partial charge in [0.15, 0.2) is 0 Å². The minimum atomic E-state index is -4.65. The molecule has 0 saturated heterocycles. The summed E-state index contributed by atoms with van der Waals surface area (Å²) >= 11 is 0. The van der Waals surface area contributed by atoms with E-state index in [1.165, 1.54) is 18.2 Å². The van der Waals surface area contributed by atoms with E-state index in [9.17, 15) is 26.4 Å². The van der Waals surface area contributed by atoms with Gasteiger partial charge in [-0.05, 0) is 50.2 Å². The van der Waals surface area contributed by atoms with E-state index in [0.29, 0.717) is 19.2 Å². The van der Waals surface area contributed by atoms with Gasteiger partial charge < -0.3 is 4.90 Å². The summed E-state index contributed by atoms with van der Waals surface area (Å²) in [5, 5.41) is 0. The van der Waals surface area contributed by atoms with E-state index in [2.05, 4.69) is 4.72 Å². The predicted molar refractivity (Wildman–Crippen MR) is 95.9 cm³/mol. The van der Waals surface area contributed by atoms with Crippen LogP contribution in [0.4, 0.5) is 18.9 Å². The fraction of sp³-hybridized carbons (Fsp3) is 0.278. The number of amides is 1. The maximum atomic E-state index is 12.8. The Balaban J connectivity index is 2.31. The second kappa shape index (κ2) is 7.99. The molecule has 5 nitrogen and oxygen atoms in total. The second-order valence-electron chi connectivity index (χ2n) is 5.69. The second-order valence-corrected chi connectivity index (χ2v) is 7.37. The summed E-state index contributed by atoms with van der Waals surface area (Å²) in [6, 6.07) is 9.27. The number of nitrogens with one attached hydrogen (secondary N) is 1. The molecule has 0 heterocycles. The number of benzene rings is 2. The first kappa shape index (κ1) is 20.8. The number of hydrogen-bond acceptors (Lipinski definition) is 3. The van der Waals surface area contributed by atoms with Crippen molar-refractivity contribution in [1.82, 2.24) is 4.90 Å². The van der Waals surface area contributed by atoms with E-state index < -0.39 is 26.7 Å². The van der Waals surface area contributed by atoms with Gasteiger partial charge in [-0.3, -0.25) is 9.52 Å². The summed E-state index contributed by atoms with van der Waals surface area (Å²) in [5.74, 6) is -0.264. The third kappa shape index (κ3) is 5.00. The molecule has 0 aliphatic heterocycles. The highest BCUT2D eigenvalue weighted by Gasteiger charge is 2.31. The third-order valence-electron chi connectivity index (χ3n) is 3.88. The lowest BCUT2D eigenvalue weighted by Gasteiger charge is -2.19. The fourth-order valence-electron chi connectivity index (χ4n) is 2.46. The number of rotatable bonds is 6. The number of hydrogen-bond donors (Lipinski definition) is 1. The van der Waals surface area contributed by atoms with Crippen molar-refractivity contribution in [3.63, 3.8) is 0 Å². The minimum Gasteiger partial charge on any atom is -0.339 e. The van der Waals surface area contributed by atoms with Gasteiger partial charge in [-0.25, -0.2) is 8.42 Å². The van der Waals surface area contributed by atoms with Gasteiger partial charge in [-0.1, -0.05) is 12.1 Å². The lowest BCUT2D eigenvalue weighted by molar-refractivity contribution is -0.137. The number of halogens is 3. The van der Waals surface area contributed by atoms with Crippen molar-refractivity contribution >= 4 is 21.6 Å². The molecule has 1 N–H and O–H groups in total. The molecule has 2 aromatic carbocycles. The normalized spacial score (nSPS) is 11.9. The molecular weight excluding hydrogens is 381 g/mol. The van der Waals surface area contributed by atoms with Crippen LogP contribution in [0.5, 0.6) is 0 Å². The molecule has 0 aliphatic carbocycles. The molecule has 2 rings (SSSR count). The summed E-state index contributed by atoms with van der Waals surface area (Å²) in [4.78, 5) is 13.4. The molecule has 0 saturated carbocycles. The van der Waals surface area contributed by atoms with Crippen LogP contribution in [0, 0.1) is 0 Å². The SMILES string of the molecule is CCN(CC)C(=O)c1cccc(NS(=O)(=O)c2cccc(C(F)(F)F)c2)c1. The highest BCUT2D eigenvalue weighted by molar-refractivity contribution is 7.92. The molecule has 0 radical (unpaired) electrons. The Kier molecular flexibility index (Phi) is 6.15. The smallest absolute Gasteiger partial charge is 0.339 e. The maximum Gasteiger partial charge on any atom is 0.416 e. The van der Waals surface area contributed by atoms with Gasteiger partial charge in [0.2, 0.25) is 0 Å². The Morgan fingerprint density at radius 1 is 1.04 bits per heavy atom. The molecule has 0 unspecified atom stereocenters. The number of sulfonamides is 1. The van der Waals surface area contributed by atoms with Crippen molar-refractivity contribution in [2.24, 2.45) is 0 Å². The number of carbonyl (C=O) groups is 1. The van der Waals surface area contributed by atoms with Crippen LogP contribution in [0.15, 0.2) is 53.4 Å². The average molecular weight is 400 g/mol. The van der Waals surface area contributed by atoms with Crippen molar-refractivity contribution in [2.45, 2.75) is 24.9 Å². The van der Waals surface area contributed by atoms with Crippen LogP contribution in [0.3, 0.4) is 0 Å². The molecule has 2 aromatic rings. The molecule has 0 bridgehead atoms. The molecule has 27 heavy (non-hydrogen) atoms. The largest absolute Gasteiger partial charge is 0.416 e. The van der Waals surface area contributed by atoms with E-state index in [-0.39, 0.29) is 17.2 Å². The van der Waals surface area contributed by atoms with Crippen LogP contribution in [0.25, 0.3) is 0 Å². The van der Waals surface area contributed by atoms with Crippen LogP contribution < -0.4 is 4.72 Å². The summed E-state index contributed by atoms with van der Waals surface area (Å²) in [5.41, 5.74) is -0.691. The van der Waals surface area contributed by atoms with Crippen LogP contribution in [-0.4, -0.2) is 32.3 Å². The summed E-state index contributed by atoms with van der Waals surface area (Å²) < 4.78 is 65.5. The van der Waals surface area contributed by atoms with E-state index in [1.54, 1.807) is 11.0 Å². The van der Waals surface area contributed by atoms with Crippen LogP contribution in [0.1, 0.15) is 29.8 Å². The van der Waals surface area contributed by atoms with Crippen LogP contribution in [0.2, 0.25) is 0 Å². The summed E-state index contributed by atoms with van der Waals surface area (Å²) in [6.45, 7) is 4.63. The topological polar surface area (TPSA) is 66.5 Å². The zero-order valence-corrected chi connectivity index (χ0v) is 15.6. The van der Waals surface area contributed by atoms with E-state index in [4.69, 9.17) is 0 Å². The monoisotopic (exact) mass is 400 g/mol. The highest BCUT2D eigenvalue weighted by atomic mass is 32.2. The Bertz CT molecular complexity index is 923. The van der Waals surface area contributed by atoms with Gasteiger partial charge >= 0.3 is 6.18 Å². The molecule has 0 aliphatic rings. The van der Waals surface area contributed by atoms with Gasteiger partial charge in [0.05, 0.1) is 10.5 Å². The number of alkyl halides is 3. The van der Waals surface area contributed by atoms with Gasteiger partial charge in [0.25, 0.3) is 15.9 Å². The Hall–Kier alpha value is -2.55. The molecular formula is C18H19F3N2O3S. The first-order valence-electron chi connectivity index (χ1n) is 8.18. The molecule has 0 atom stereocenters. The molecule has 1 amide bonds. The van der Waals surface area contributed by atoms with Crippen molar-refractivity contribution in [3.05, 3.63) is 59.7 Å². The van der Waals surface area contributed by atoms with E-state index in [1.807, 2.05) is 13.8 Å². The first-order chi connectivity index (χ1) is 12.6. The van der Waals surface area contributed by atoms with Crippen LogP contribution in [-0.2, 0) is 16.2 Å². The molecule has 9 heteroatoms. The van der Waals surface area contributed by atoms with Gasteiger partial charge in [-0.2, -0.15) is 13.2 Å². The Labute approximate surface area is 155 Å². The molecule has 0 fully saturated rings. The molecule has 0 aromatic heterocycles. The summed E-state index contributed by atoms with van der Waals surface area (Å²) in [7, 11) is -4.24. The molecule has 146 valence electrons. The van der Waals surface area contributed by atoms with Gasteiger partial charge in [-0.15, -0.1) is 0 Å². The van der Waals surface area contributed by atoms with Gasteiger partial charge in [0.1, 0.15) is 0 Å². The predicted octanol–water partition coefficient (Wildman–Crippen LogP) is 3.99. The zero-order chi connectivity index (χ0) is 20.2. The van der Waals surface area contributed by atoms with Gasteiger partial charge in [0, 0.05) is 24.3 Å². The highest BCUT2D eigenvalue weighted by Crippen LogP contribution is 2.31. The van der Waals surface area contributed by atoms with Crippen molar-refractivity contribution < 1.29 is 26.4 Å². The average Bonchev–Trinajstić information content (AvgIpc) is 2.62. The van der Waals surface area contributed by atoms with Crippen LogP contribution >= 0.6 is 0 Å². The quantitative estimate of drug-likeness (QED) is 0.797. The lowest BCUT2D eigenvalue weighted by atomic mass is 10.2. The summed E-state index contributed by atoms with van der Waals surface area (Å²) in [6.07, 6.45) is -4.65. The first-order valence-corrected chi connectivity index (χ1v) is 9.66. The fourth-order valence-corrected chi connectivity index (χ4v) is 3.56. The lowest BCUT2D eigenvalue weighted by Crippen LogP contribution is -2.30. The van der Waals surface area contributed by atoms with E-state index in [0.717, 1.165) is 18.2 Å². The third-order valence-corrected chi connectivity index (χ3v) is 5.26. The Morgan fingerprint density at radius 2 is 1.67 bits per heavy atom. The number of anilines is 1. The maximum absolute atomic E-state index is 12.8. The minimum absolute atomic E-state index is 0.0883. The number of nitrogens with zero attached hydrogens (tertiary/aromatic N) is 1. The van der Waals surface area contributed by atoms with Crippen molar-refractivity contribution in [3.8, 4) is 0 Å². The standard InChI is InChI=1S/C18H19F3N2O3S/c1-3-23(4-2)17(24)13-7-5-9-15(11-13)22-27(25,26)16-10-6-8-14(12-16)18(19,20)21/h5-12,22H,3-4H2,1-2H3.